The lowest BCUT2D eigenvalue weighted by molar-refractivity contribution is 0.272. The van der Waals surface area contributed by atoms with Gasteiger partial charge in [-0.25, -0.2) is 0 Å². The van der Waals surface area contributed by atoms with E-state index in [2.05, 4.69) is 24.1 Å². The number of nitrogens with two attached hydrogens (primary N) is 2. The highest BCUT2D eigenvalue weighted by Crippen LogP contribution is 2.09. The lowest BCUT2D eigenvalue weighted by Gasteiger charge is -2.19. The fourth-order valence-electron chi connectivity index (χ4n) is 1.96. The van der Waals surface area contributed by atoms with Crippen LogP contribution in [0, 0.1) is 0 Å². The van der Waals surface area contributed by atoms with Crippen LogP contribution in [0.25, 0.3) is 0 Å². The van der Waals surface area contributed by atoms with Crippen LogP contribution in [-0.4, -0.2) is 49.2 Å². The molecule has 0 aromatic carbocycles. The van der Waals surface area contributed by atoms with Crippen LogP contribution in [0.15, 0.2) is 0 Å². The number of nitrogens with one attached hydrogen (secondary N) is 1. The third kappa shape index (κ3) is 4.93. The molecular formula is C11H26N4. The van der Waals surface area contributed by atoms with Gasteiger partial charge in [-0.3, -0.25) is 4.90 Å². The third-order valence-electron chi connectivity index (χ3n) is 3.08. The first-order valence-electron chi connectivity index (χ1n) is 6.05. The van der Waals surface area contributed by atoms with E-state index in [1.807, 2.05) is 0 Å². The molecule has 0 aliphatic carbocycles. The van der Waals surface area contributed by atoms with Gasteiger partial charge in [0.15, 0.2) is 0 Å². The Bertz CT molecular complexity index is 166. The van der Waals surface area contributed by atoms with Gasteiger partial charge in [0, 0.05) is 31.2 Å². The average Bonchev–Trinajstić information content (AvgIpc) is 2.77. The van der Waals surface area contributed by atoms with Gasteiger partial charge in [-0.1, -0.05) is 0 Å². The predicted octanol–water partition coefficient (Wildman–Crippen LogP) is -0.265. The van der Waals surface area contributed by atoms with Gasteiger partial charge < -0.3 is 16.8 Å². The molecule has 0 radical (unpaired) electrons. The average molecular weight is 214 g/mol. The van der Waals surface area contributed by atoms with Crippen molar-refractivity contribution >= 4 is 0 Å². The van der Waals surface area contributed by atoms with Crippen molar-refractivity contribution in [3.8, 4) is 0 Å². The summed E-state index contributed by atoms with van der Waals surface area (Å²) >= 11 is 0. The summed E-state index contributed by atoms with van der Waals surface area (Å²) in [6.45, 7) is 8.85. The molecule has 2 rings (SSSR count). The highest BCUT2D eigenvalue weighted by molar-refractivity contribution is 4.79. The Morgan fingerprint density at radius 3 is 2.13 bits per heavy atom. The quantitative estimate of drug-likeness (QED) is 0.562. The van der Waals surface area contributed by atoms with E-state index in [1.165, 1.54) is 13.0 Å². The van der Waals surface area contributed by atoms with Crippen molar-refractivity contribution in [1.82, 2.24) is 10.2 Å². The standard InChI is InChI=1S/C7H16N2.C4H10N2/c1-6(2)9-4-3-7(8)5-9;5-4-1-2-6-3-4/h6-7H,3-5,8H2,1-2H3;4,6H,1-3,5H2. The van der Waals surface area contributed by atoms with Crippen LogP contribution in [0.3, 0.4) is 0 Å². The van der Waals surface area contributed by atoms with Crippen LogP contribution >= 0.6 is 0 Å². The monoisotopic (exact) mass is 214 g/mol. The maximum atomic E-state index is 5.72. The summed E-state index contributed by atoms with van der Waals surface area (Å²) in [5.41, 5.74) is 11.2. The first-order valence-corrected chi connectivity index (χ1v) is 6.05. The molecule has 0 spiro atoms. The van der Waals surface area contributed by atoms with Crippen molar-refractivity contribution < 1.29 is 0 Å². The zero-order valence-corrected chi connectivity index (χ0v) is 10.1. The number of rotatable bonds is 1. The molecule has 0 aromatic rings. The van der Waals surface area contributed by atoms with Crippen LogP contribution in [0.4, 0.5) is 0 Å². The molecule has 90 valence electrons. The van der Waals surface area contributed by atoms with Crippen LogP contribution in [0.5, 0.6) is 0 Å². The number of nitrogens with zero attached hydrogens (tertiary/aromatic N) is 1. The molecule has 2 fully saturated rings. The minimum atomic E-state index is 0.435. The van der Waals surface area contributed by atoms with Crippen LogP contribution in [0.1, 0.15) is 26.7 Å². The van der Waals surface area contributed by atoms with Gasteiger partial charge >= 0.3 is 0 Å². The van der Waals surface area contributed by atoms with Gasteiger partial charge in [-0.2, -0.15) is 0 Å². The van der Waals surface area contributed by atoms with Gasteiger partial charge in [0.2, 0.25) is 0 Å². The molecule has 0 saturated carbocycles. The van der Waals surface area contributed by atoms with Crippen molar-refractivity contribution in [3.05, 3.63) is 0 Å². The fraction of sp³-hybridized carbons (Fsp3) is 1.00. The summed E-state index contributed by atoms with van der Waals surface area (Å²) in [7, 11) is 0. The molecule has 15 heavy (non-hydrogen) atoms. The first kappa shape index (κ1) is 12.9. The molecule has 5 N–H and O–H groups in total. The maximum absolute atomic E-state index is 5.72. The first-order chi connectivity index (χ1) is 7.09. The van der Waals surface area contributed by atoms with Gasteiger partial charge in [0.25, 0.3) is 0 Å². The van der Waals surface area contributed by atoms with Crippen molar-refractivity contribution in [2.75, 3.05) is 26.2 Å². The second-order valence-corrected chi connectivity index (χ2v) is 4.89. The van der Waals surface area contributed by atoms with E-state index < -0.39 is 0 Å². The van der Waals surface area contributed by atoms with E-state index in [0.717, 1.165) is 26.1 Å². The van der Waals surface area contributed by atoms with Crippen molar-refractivity contribution in [3.63, 3.8) is 0 Å². The van der Waals surface area contributed by atoms with Crippen LogP contribution in [0.2, 0.25) is 0 Å². The Morgan fingerprint density at radius 2 is 1.93 bits per heavy atom. The topological polar surface area (TPSA) is 67.3 Å². The molecule has 0 amide bonds. The van der Waals surface area contributed by atoms with Gasteiger partial charge in [-0.15, -0.1) is 0 Å². The molecule has 2 unspecified atom stereocenters. The smallest absolute Gasteiger partial charge is 0.0180 e. The minimum Gasteiger partial charge on any atom is -0.327 e. The van der Waals surface area contributed by atoms with E-state index in [-0.39, 0.29) is 0 Å². The second kappa shape index (κ2) is 6.43. The lowest BCUT2D eigenvalue weighted by Crippen LogP contribution is -2.31. The largest absolute Gasteiger partial charge is 0.327 e. The highest BCUT2D eigenvalue weighted by atomic mass is 15.2. The summed E-state index contributed by atoms with van der Waals surface area (Å²) in [4.78, 5) is 2.42. The molecule has 0 aromatic heterocycles. The van der Waals surface area contributed by atoms with Crippen molar-refractivity contribution in [2.24, 2.45) is 11.5 Å². The summed E-state index contributed by atoms with van der Waals surface area (Å²) < 4.78 is 0. The Hall–Kier alpha value is -0.160. The molecule has 2 saturated heterocycles. The molecule has 4 heteroatoms. The van der Waals surface area contributed by atoms with E-state index in [9.17, 15) is 0 Å². The predicted molar refractivity (Wildman–Crippen MR) is 64.8 cm³/mol. The molecule has 4 nitrogen and oxygen atoms in total. The minimum absolute atomic E-state index is 0.435. The Balaban J connectivity index is 0.000000162. The second-order valence-electron chi connectivity index (χ2n) is 4.89. The normalized spacial score (nSPS) is 31.8. The Kier molecular flexibility index (Phi) is 5.53. The third-order valence-corrected chi connectivity index (χ3v) is 3.08. The van der Waals surface area contributed by atoms with E-state index >= 15 is 0 Å². The maximum Gasteiger partial charge on any atom is 0.0180 e. The summed E-state index contributed by atoms with van der Waals surface area (Å²) in [5, 5.41) is 3.15. The summed E-state index contributed by atoms with van der Waals surface area (Å²) in [6.07, 6.45) is 2.33. The zero-order chi connectivity index (χ0) is 11.3. The summed E-state index contributed by atoms with van der Waals surface area (Å²) in [5.74, 6) is 0. The number of likely N-dealkylation sites (tertiary alicyclic amines) is 1. The number of hydrogen-bond donors (Lipinski definition) is 3. The number of hydrogen-bond acceptors (Lipinski definition) is 4. The Labute approximate surface area is 93.4 Å². The van der Waals surface area contributed by atoms with E-state index in [1.54, 1.807) is 0 Å². The Morgan fingerprint density at radius 1 is 1.20 bits per heavy atom. The van der Waals surface area contributed by atoms with Crippen LogP contribution < -0.4 is 16.8 Å². The molecule has 2 aliphatic heterocycles. The lowest BCUT2D eigenvalue weighted by atomic mass is 10.3. The SMILES string of the molecule is CC(C)N1CCC(N)C1.NC1CCNC1. The molecule has 2 atom stereocenters. The summed E-state index contributed by atoms with van der Waals surface area (Å²) in [6, 6.07) is 1.55. The van der Waals surface area contributed by atoms with E-state index in [4.69, 9.17) is 11.5 Å². The zero-order valence-electron chi connectivity index (χ0n) is 10.1. The molecule has 0 bridgehead atoms. The van der Waals surface area contributed by atoms with Gasteiger partial charge in [0.05, 0.1) is 0 Å². The molecule has 2 aliphatic rings. The highest BCUT2D eigenvalue weighted by Gasteiger charge is 2.20. The van der Waals surface area contributed by atoms with Crippen molar-refractivity contribution in [1.29, 1.82) is 0 Å². The van der Waals surface area contributed by atoms with Crippen LogP contribution in [-0.2, 0) is 0 Å². The molecule has 2 heterocycles. The van der Waals surface area contributed by atoms with Gasteiger partial charge in [0.1, 0.15) is 0 Å². The van der Waals surface area contributed by atoms with Crippen molar-refractivity contribution in [2.45, 2.75) is 44.8 Å². The van der Waals surface area contributed by atoms with E-state index in [0.29, 0.717) is 18.1 Å². The molecular weight excluding hydrogens is 188 g/mol. The fourth-order valence-corrected chi connectivity index (χ4v) is 1.96. The van der Waals surface area contributed by atoms with Gasteiger partial charge in [-0.05, 0) is 39.8 Å².